The second-order valence-corrected chi connectivity index (χ2v) is 9.08. The molecule has 1 heterocycles. The van der Waals surface area contributed by atoms with Crippen molar-refractivity contribution in [3.05, 3.63) is 60.2 Å². The van der Waals surface area contributed by atoms with Crippen LogP contribution in [0, 0.1) is 0 Å². The maximum Gasteiger partial charge on any atom is 0.237 e. The van der Waals surface area contributed by atoms with Crippen molar-refractivity contribution in [1.29, 1.82) is 0 Å². The molecule has 3 rings (SSSR count). The summed E-state index contributed by atoms with van der Waals surface area (Å²) in [5.41, 5.74) is 3.02. The quantitative estimate of drug-likeness (QED) is 0.450. The van der Waals surface area contributed by atoms with Crippen LogP contribution in [0.15, 0.2) is 58.9 Å². The van der Waals surface area contributed by atoms with E-state index in [9.17, 15) is 4.79 Å². The van der Waals surface area contributed by atoms with E-state index in [0.717, 1.165) is 22.1 Å². The Balaban J connectivity index is 1.61. The van der Waals surface area contributed by atoms with Crippen LogP contribution in [0.3, 0.4) is 0 Å². The fourth-order valence-corrected chi connectivity index (χ4v) is 4.57. The average Bonchev–Trinajstić information content (AvgIpc) is 3.15. The Bertz CT molecular complexity index is 914. The highest BCUT2D eigenvalue weighted by atomic mass is 32.2. The molecule has 0 aliphatic carbocycles. The molecular formula is C21H24N4OS2. The van der Waals surface area contributed by atoms with Crippen LogP contribution in [-0.4, -0.2) is 21.4 Å². The number of carbonyl (C=O) groups excluding carboxylic acids is 1. The summed E-state index contributed by atoms with van der Waals surface area (Å²) in [6.45, 7) is 6.21. The van der Waals surface area contributed by atoms with Gasteiger partial charge in [0, 0.05) is 11.4 Å². The average molecular weight is 413 g/mol. The predicted octanol–water partition coefficient (Wildman–Crippen LogP) is 5.91. The molecule has 0 aliphatic rings. The highest BCUT2D eigenvalue weighted by molar-refractivity contribution is 8.02. The molecule has 0 spiro atoms. The number of hydrogen-bond donors (Lipinski definition) is 2. The number of hydrogen-bond acceptors (Lipinski definition) is 6. The summed E-state index contributed by atoms with van der Waals surface area (Å²) in [6, 6.07) is 17.8. The minimum atomic E-state index is -0.275. The third-order valence-electron chi connectivity index (χ3n) is 4.44. The largest absolute Gasteiger partial charge is 0.330 e. The molecule has 28 heavy (non-hydrogen) atoms. The number of amides is 1. The zero-order valence-corrected chi connectivity index (χ0v) is 17.8. The van der Waals surface area contributed by atoms with Crippen molar-refractivity contribution in [2.75, 3.05) is 10.6 Å². The molecule has 0 fully saturated rings. The summed E-state index contributed by atoms with van der Waals surface area (Å²) in [4.78, 5) is 12.7. The van der Waals surface area contributed by atoms with E-state index in [1.165, 1.54) is 28.7 Å². The molecule has 2 aromatic carbocycles. The van der Waals surface area contributed by atoms with Crippen LogP contribution in [0.4, 0.5) is 16.5 Å². The lowest BCUT2D eigenvalue weighted by molar-refractivity contribution is -0.115. The van der Waals surface area contributed by atoms with Crippen LogP contribution < -0.4 is 10.6 Å². The molecule has 0 bridgehead atoms. The molecule has 0 saturated heterocycles. The van der Waals surface area contributed by atoms with Crippen molar-refractivity contribution in [2.45, 2.75) is 42.7 Å². The Morgan fingerprint density at radius 1 is 1.07 bits per heavy atom. The van der Waals surface area contributed by atoms with Gasteiger partial charge in [0.05, 0.1) is 5.25 Å². The summed E-state index contributed by atoms with van der Waals surface area (Å²) in [7, 11) is 0. The third-order valence-corrected chi connectivity index (χ3v) is 6.46. The SMILES string of the molecule is CC[C@H](C)c1ccccc1NC(=O)[C@H](C)Sc1nnc(Nc2ccccc2)s1. The Kier molecular flexibility index (Phi) is 7.06. The van der Waals surface area contributed by atoms with Gasteiger partial charge < -0.3 is 10.6 Å². The maximum absolute atomic E-state index is 12.7. The van der Waals surface area contributed by atoms with Crippen LogP contribution in [0.25, 0.3) is 0 Å². The van der Waals surface area contributed by atoms with E-state index in [1.807, 2.05) is 55.5 Å². The lowest BCUT2D eigenvalue weighted by atomic mass is 9.97. The van der Waals surface area contributed by atoms with Gasteiger partial charge in [0.1, 0.15) is 0 Å². The number of para-hydroxylation sites is 2. The summed E-state index contributed by atoms with van der Waals surface area (Å²) in [6.07, 6.45) is 1.03. The highest BCUT2D eigenvalue weighted by Crippen LogP contribution is 2.32. The van der Waals surface area contributed by atoms with Gasteiger partial charge in [-0.1, -0.05) is 73.3 Å². The van der Waals surface area contributed by atoms with Gasteiger partial charge in [-0.25, -0.2) is 0 Å². The number of rotatable bonds is 8. The minimum Gasteiger partial charge on any atom is -0.330 e. The summed E-state index contributed by atoms with van der Waals surface area (Å²) in [5, 5.41) is 15.1. The van der Waals surface area contributed by atoms with Crippen LogP contribution in [0.2, 0.25) is 0 Å². The van der Waals surface area contributed by atoms with E-state index in [1.54, 1.807) is 0 Å². The van der Waals surface area contributed by atoms with E-state index in [4.69, 9.17) is 0 Å². The van der Waals surface area contributed by atoms with Gasteiger partial charge in [-0.3, -0.25) is 4.79 Å². The number of nitrogens with one attached hydrogen (secondary N) is 2. The topological polar surface area (TPSA) is 66.9 Å². The molecule has 2 N–H and O–H groups in total. The van der Waals surface area contributed by atoms with E-state index >= 15 is 0 Å². The number of carbonyl (C=O) groups is 1. The van der Waals surface area contributed by atoms with Crippen molar-refractivity contribution in [2.24, 2.45) is 0 Å². The lowest BCUT2D eigenvalue weighted by Crippen LogP contribution is -2.23. The number of benzene rings is 2. The van der Waals surface area contributed by atoms with Crippen molar-refractivity contribution in [3.8, 4) is 0 Å². The van der Waals surface area contributed by atoms with Crippen LogP contribution in [0.1, 0.15) is 38.7 Å². The number of thioether (sulfide) groups is 1. The van der Waals surface area contributed by atoms with E-state index in [2.05, 4.69) is 40.7 Å². The molecule has 0 aliphatic heterocycles. The summed E-state index contributed by atoms with van der Waals surface area (Å²) in [5.74, 6) is 0.364. The fourth-order valence-electron chi connectivity index (χ4n) is 2.65. The van der Waals surface area contributed by atoms with Gasteiger partial charge >= 0.3 is 0 Å². The minimum absolute atomic E-state index is 0.0338. The van der Waals surface area contributed by atoms with Gasteiger partial charge in [-0.05, 0) is 43.0 Å². The van der Waals surface area contributed by atoms with Crippen LogP contribution in [-0.2, 0) is 4.79 Å². The zero-order valence-electron chi connectivity index (χ0n) is 16.2. The number of aromatic nitrogens is 2. The first-order valence-electron chi connectivity index (χ1n) is 9.28. The Labute approximate surface area is 174 Å². The molecule has 3 aromatic rings. The molecule has 0 unspecified atom stereocenters. The molecule has 0 saturated carbocycles. The van der Waals surface area contributed by atoms with E-state index < -0.39 is 0 Å². The van der Waals surface area contributed by atoms with Gasteiger partial charge in [0.25, 0.3) is 0 Å². The summed E-state index contributed by atoms with van der Waals surface area (Å²) >= 11 is 2.86. The molecular weight excluding hydrogens is 388 g/mol. The highest BCUT2D eigenvalue weighted by Gasteiger charge is 2.19. The predicted molar refractivity (Wildman–Crippen MR) is 119 cm³/mol. The molecule has 1 amide bonds. The first-order valence-corrected chi connectivity index (χ1v) is 11.0. The monoisotopic (exact) mass is 412 g/mol. The zero-order chi connectivity index (χ0) is 19.9. The molecule has 146 valence electrons. The van der Waals surface area contributed by atoms with E-state index in [0.29, 0.717) is 11.0 Å². The van der Waals surface area contributed by atoms with Crippen LogP contribution >= 0.6 is 23.1 Å². The standard InChI is InChI=1S/C21H24N4OS2/c1-4-14(2)17-12-8-9-13-18(17)23-19(26)15(3)27-21-25-24-20(28-21)22-16-10-6-5-7-11-16/h5-15H,4H2,1-3H3,(H,22,24)(H,23,26)/t14-,15-/m0/s1. The molecule has 2 atom stereocenters. The van der Waals surface area contributed by atoms with Crippen molar-refractivity contribution >= 4 is 45.5 Å². The number of nitrogens with zero attached hydrogens (tertiary/aromatic N) is 2. The molecule has 5 nitrogen and oxygen atoms in total. The van der Waals surface area contributed by atoms with Gasteiger partial charge in [0.15, 0.2) is 4.34 Å². The molecule has 0 radical (unpaired) electrons. The Hall–Kier alpha value is -2.38. The molecule has 1 aromatic heterocycles. The van der Waals surface area contributed by atoms with Crippen molar-refractivity contribution in [3.63, 3.8) is 0 Å². The first kappa shape index (κ1) is 20.4. The first-order chi connectivity index (χ1) is 13.6. The summed E-state index contributed by atoms with van der Waals surface area (Å²) < 4.78 is 0.760. The second kappa shape index (κ2) is 9.71. The lowest BCUT2D eigenvalue weighted by Gasteiger charge is -2.17. The molecule has 7 heteroatoms. The van der Waals surface area contributed by atoms with Crippen molar-refractivity contribution < 1.29 is 4.79 Å². The van der Waals surface area contributed by atoms with Gasteiger partial charge in [-0.15, -0.1) is 10.2 Å². The van der Waals surface area contributed by atoms with E-state index in [-0.39, 0.29) is 11.2 Å². The Morgan fingerprint density at radius 3 is 2.54 bits per heavy atom. The van der Waals surface area contributed by atoms with Gasteiger partial charge in [-0.2, -0.15) is 0 Å². The third kappa shape index (κ3) is 5.33. The Morgan fingerprint density at radius 2 is 1.79 bits per heavy atom. The maximum atomic E-state index is 12.7. The van der Waals surface area contributed by atoms with Crippen LogP contribution in [0.5, 0.6) is 0 Å². The second-order valence-electron chi connectivity index (χ2n) is 6.51. The smallest absolute Gasteiger partial charge is 0.237 e. The fraction of sp³-hybridized carbons (Fsp3) is 0.286. The normalized spacial score (nSPS) is 13.0. The van der Waals surface area contributed by atoms with Gasteiger partial charge in [0.2, 0.25) is 11.0 Å². The number of anilines is 3. The van der Waals surface area contributed by atoms with Crippen molar-refractivity contribution in [1.82, 2.24) is 10.2 Å².